The van der Waals surface area contributed by atoms with E-state index < -0.39 is 23.5 Å². The lowest BCUT2D eigenvalue weighted by Gasteiger charge is -2.10. The Morgan fingerprint density at radius 2 is 1.75 bits per heavy atom. The van der Waals surface area contributed by atoms with Crippen molar-refractivity contribution in [2.45, 2.75) is 13.1 Å². The van der Waals surface area contributed by atoms with E-state index in [0.717, 1.165) is 22.9 Å². The third-order valence-electron chi connectivity index (χ3n) is 3.91. The van der Waals surface area contributed by atoms with Crippen molar-refractivity contribution in [3.8, 4) is 11.8 Å². The number of aryl methyl sites for hydroxylation is 1. The molecule has 0 spiro atoms. The Balaban J connectivity index is 1.97. The van der Waals surface area contributed by atoms with Gasteiger partial charge in [0, 0.05) is 11.6 Å². The maximum absolute atomic E-state index is 13.9. The van der Waals surface area contributed by atoms with Crippen LogP contribution >= 0.6 is 0 Å². The van der Waals surface area contributed by atoms with Crippen LogP contribution < -0.4 is 0 Å². The first kappa shape index (κ1) is 19.3. The highest BCUT2D eigenvalue weighted by Crippen LogP contribution is 2.31. The molecule has 0 radical (unpaired) electrons. The fourth-order valence-electron chi connectivity index (χ4n) is 2.65. The lowest BCUT2D eigenvalue weighted by Crippen LogP contribution is -2.13. The molecule has 0 bridgehead atoms. The van der Waals surface area contributed by atoms with Gasteiger partial charge in [0.2, 0.25) is 0 Å². The molecule has 0 unspecified atom stereocenters. The number of hydrogen-bond donors (Lipinski definition) is 0. The van der Waals surface area contributed by atoms with E-state index >= 15 is 0 Å². The molecule has 0 saturated carbocycles. The zero-order valence-corrected chi connectivity index (χ0v) is 14.4. The highest BCUT2D eigenvalue weighted by molar-refractivity contribution is 5.89. The number of alkyl halides is 3. The van der Waals surface area contributed by atoms with E-state index in [9.17, 15) is 27.2 Å². The first-order valence-electron chi connectivity index (χ1n) is 8.00. The molecule has 3 rings (SSSR count). The van der Waals surface area contributed by atoms with Gasteiger partial charge in [-0.25, -0.2) is 13.5 Å². The second-order valence-corrected chi connectivity index (χ2v) is 5.97. The minimum atomic E-state index is -4.56. The van der Waals surface area contributed by atoms with Crippen molar-refractivity contribution in [3.05, 3.63) is 82.7 Å². The van der Waals surface area contributed by atoms with Crippen molar-refractivity contribution in [3.63, 3.8) is 0 Å². The molecular formula is C20H12F5N3. The number of nitriles is 1. The van der Waals surface area contributed by atoms with Crippen LogP contribution in [0.2, 0.25) is 0 Å². The predicted molar refractivity (Wildman–Crippen MR) is 93.1 cm³/mol. The Labute approximate surface area is 157 Å². The van der Waals surface area contributed by atoms with Crippen molar-refractivity contribution in [1.29, 1.82) is 5.26 Å². The number of allylic oxidation sites excluding steroid dienone is 1. The van der Waals surface area contributed by atoms with E-state index in [1.165, 1.54) is 37.3 Å². The molecule has 8 heteroatoms. The fourth-order valence-corrected chi connectivity index (χ4v) is 2.65. The topological polar surface area (TPSA) is 41.6 Å². The number of rotatable bonds is 3. The van der Waals surface area contributed by atoms with Crippen molar-refractivity contribution in [2.24, 2.45) is 0 Å². The van der Waals surface area contributed by atoms with E-state index in [-0.39, 0.29) is 22.5 Å². The third kappa shape index (κ3) is 3.93. The summed E-state index contributed by atoms with van der Waals surface area (Å²) in [6.45, 7) is 1.46. The first-order valence-corrected chi connectivity index (χ1v) is 8.00. The summed E-state index contributed by atoms with van der Waals surface area (Å²) in [4.78, 5) is 0. The van der Waals surface area contributed by atoms with Crippen LogP contribution in [-0.2, 0) is 6.18 Å². The molecular weight excluding hydrogens is 377 g/mol. The maximum atomic E-state index is 13.9. The average molecular weight is 389 g/mol. The number of halogens is 5. The number of aromatic nitrogens is 2. The summed E-state index contributed by atoms with van der Waals surface area (Å²) in [5.74, 6) is -1.65. The summed E-state index contributed by atoms with van der Waals surface area (Å²) in [7, 11) is 0. The maximum Gasteiger partial charge on any atom is 0.433 e. The molecule has 1 heterocycles. The zero-order chi connectivity index (χ0) is 20.5. The summed E-state index contributed by atoms with van der Waals surface area (Å²) >= 11 is 0. The molecule has 0 aliphatic rings. The summed E-state index contributed by atoms with van der Waals surface area (Å²) in [5, 5.41) is 13.1. The normalized spacial score (nSPS) is 12.1. The van der Waals surface area contributed by atoms with Gasteiger partial charge in [-0.05, 0) is 48.9 Å². The molecule has 0 N–H and O–H groups in total. The molecule has 0 saturated heterocycles. The second-order valence-electron chi connectivity index (χ2n) is 5.97. The minimum Gasteiger partial charge on any atom is -0.228 e. The smallest absolute Gasteiger partial charge is 0.228 e. The van der Waals surface area contributed by atoms with Gasteiger partial charge >= 0.3 is 6.18 Å². The van der Waals surface area contributed by atoms with E-state index in [4.69, 9.17) is 0 Å². The third-order valence-corrected chi connectivity index (χ3v) is 3.91. The van der Waals surface area contributed by atoms with Gasteiger partial charge in [-0.15, -0.1) is 0 Å². The van der Waals surface area contributed by atoms with E-state index in [0.29, 0.717) is 11.6 Å². The minimum absolute atomic E-state index is 0.0452. The van der Waals surface area contributed by atoms with E-state index in [2.05, 4.69) is 5.10 Å². The van der Waals surface area contributed by atoms with Crippen LogP contribution in [0.1, 0.15) is 22.5 Å². The van der Waals surface area contributed by atoms with Crippen LogP contribution in [0.4, 0.5) is 22.0 Å². The number of benzene rings is 2. The van der Waals surface area contributed by atoms with Crippen LogP contribution in [0.3, 0.4) is 0 Å². The van der Waals surface area contributed by atoms with E-state index in [1.807, 2.05) is 6.07 Å². The van der Waals surface area contributed by atoms with Crippen molar-refractivity contribution in [1.82, 2.24) is 9.78 Å². The van der Waals surface area contributed by atoms with Crippen molar-refractivity contribution in [2.75, 3.05) is 0 Å². The van der Waals surface area contributed by atoms with Crippen molar-refractivity contribution >= 4 is 11.6 Å². The highest BCUT2D eigenvalue weighted by Gasteiger charge is 2.35. The highest BCUT2D eigenvalue weighted by atomic mass is 19.4. The quantitative estimate of drug-likeness (QED) is 0.335. The van der Waals surface area contributed by atoms with Crippen LogP contribution in [0.5, 0.6) is 0 Å². The Bertz CT molecular complexity index is 1090. The summed E-state index contributed by atoms with van der Waals surface area (Å²) < 4.78 is 67.1. The monoisotopic (exact) mass is 389 g/mol. The largest absolute Gasteiger partial charge is 0.433 e. The number of hydrogen-bond acceptors (Lipinski definition) is 2. The lowest BCUT2D eigenvalue weighted by molar-refractivity contribution is -0.142. The molecule has 3 aromatic rings. The standard InChI is InChI=1S/C20H12F5N3/c1-12-8-19(20(23,24)25)28(27-12)16-5-2-13(3-6-16)9-14(11-26)17-7-4-15(21)10-18(17)22/h2-10H,1H3. The molecule has 3 nitrogen and oxygen atoms in total. The zero-order valence-electron chi connectivity index (χ0n) is 14.4. The molecule has 0 amide bonds. The summed E-state index contributed by atoms with van der Waals surface area (Å²) in [6.07, 6.45) is -3.20. The summed E-state index contributed by atoms with van der Waals surface area (Å²) in [5.41, 5.74) is -0.161. The SMILES string of the molecule is Cc1cc(C(F)(F)F)n(-c2ccc(C=C(C#N)c3ccc(F)cc3F)cc2)n1. The average Bonchev–Trinajstić information content (AvgIpc) is 3.03. The molecule has 142 valence electrons. The Morgan fingerprint density at radius 3 is 2.32 bits per heavy atom. The van der Waals surface area contributed by atoms with Crippen molar-refractivity contribution < 1.29 is 22.0 Å². The van der Waals surface area contributed by atoms with Gasteiger partial charge in [-0.3, -0.25) is 0 Å². The van der Waals surface area contributed by atoms with Crippen LogP contribution in [0, 0.1) is 29.9 Å². The molecule has 0 aliphatic heterocycles. The van der Waals surface area contributed by atoms with Gasteiger partial charge in [0.15, 0.2) is 0 Å². The van der Waals surface area contributed by atoms with Gasteiger partial charge in [0.05, 0.1) is 23.0 Å². The molecule has 0 atom stereocenters. The second kappa shape index (κ2) is 7.27. The molecule has 0 aliphatic carbocycles. The van der Waals surface area contributed by atoms with Gasteiger partial charge in [0.25, 0.3) is 0 Å². The van der Waals surface area contributed by atoms with Gasteiger partial charge < -0.3 is 0 Å². The van der Waals surface area contributed by atoms with Crippen LogP contribution in [-0.4, -0.2) is 9.78 Å². The predicted octanol–water partition coefficient (Wildman–Crippen LogP) is 5.54. The molecule has 1 aromatic heterocycles. The number of nitrogens with zero attached hydrogens (tertiary/aromatic N) is 3. The fraction of sp³-hybridized carbons (Fsp3) is 0.100. The van der Waals surface area contributed by atoms with Crippen LogP contribution in [0.25, 0.3) is 17.3 Å². The molecule has 0 fully saturated rings. The van der Waals surface area contributed by atoms with Gasteiger partial charge in [-0.1, -0.05) is 12.1 Å². The molecule has 2 aromatic carbocycles. The Kier molecular flexibility index (Phi) is 5.01. The van der Waals surface area contributed by atoms with Gasteiger partial charge in [0.1, 0.15) is 17.3 Å². The Hall–Kier alpha value is -3.47. The lowest BCUT2D eigenvalue weighted by atomic mass is 10.0. The molecule has 28 heavy (non-hydrogen) atoms. The first-order chi connectivity index (χ1) is 13.2. The summed E-state index contributed by atoms with van der Waals surface area (Å²) in [6, 6.07) is 11.4. The Morgan fingerprint density at radius 1 is 1.07 bits per heavy atom. The van der Waals surface area contributed by atoms with Gasteiger partial charge in [-0.2, -0.15) is 23.5 Å². The van der Waals surface area contributed by atoms with E-state index in [1.54, 1.807) is 0 Å². The van der Waals surface area contributed by atoms with Crippen LogP contribution in [0.15, 0.2) is 48.5 Å².